The second kappa shape index (κ2) is 6.36. The Labute approximate surface area is 119 Å². The Morgan fingerprint density at radius 3 is 2.56 bits per heavy atom. The summed E-state index contributed by atoms with van der Waals surface area (Å²) >= 11 is 5.05. The molecule has 0 aliphatic carbocycles. The monoisotopic (exact) mass is 325 g/mol. The lowest BCUT2D eigenvalue weighted by Gasteiger charge is -2.09. The summed E-state index contributed by atoms with van der Waals surface area (Å²) in [6.45, 7) is 0.663. The fraction of sp³-hybridized carbons (Fsp3) is 0.143. The predicted molar refractivity (Wildman–Crippen MR) is 77.4 cm³/mol. The highest BCUT2D eigenvalue weighted by atomic mass is 79.9. The largest absolute Gasteiger partial charge is 0.316 e. The van der Waals surface area contributed by atoms with Crippen LogP contribution in [-0.2, 0) is 6.54 Å². The van der Waals surface area contributed by atoms with Gasteiger partial charge in [-0.1, -0.05) is 27.7 Å². The lowest BCUT2D eigenvalue weighted by atomic mass is 10.2. The van der Waals surface area contributed by atoms with Gasteiger partial charge >= 0.3 is 0 Å². The third-order valence-corrected chi connectivity index (χ3v) is 4.09. The molecule has 94 valence electrons. The Balaban J connectivity index is 2.25. The minimum atomic E-state index is -0.194. The Morgan fingerprint density at radius 1 is 1.17 bits per heavy atom. The van der Waals surface area contributed by atoms with Crippen molar-refractivity contribution in [2.45, 2.75) is 16.3 Å². The van der Waals surface area contributed by atoms with Crippen molar-refractivity contribution in [1.29, 1.82) is 0 Å². The molecule has 0 radical (unpaired) electrons. The molecule has 0 saturated heterocycles. The van der Waals surface area contributed by atoms with Gasteiger partial charge in [0.2, 0.25) is 0 Å². The van der Waals surface area contributed by atoms with Gasteiger partial charge in [0.25, 0.3) is 0 Å². The standard InChI is InChI=1S/C14H13BrFNS/c1-17-9-10-8-12(16)4-7-14(10)18-13-5-2-11(15)3-6-13/h2-8,17H,9H2,1H3. The zero-order valence-corrected chi connectivity index (χ0v) is 12.3. The molecule has 0 saturated carbocycles. The second-order valence-corrected chi connectivity index (χ2v) is 5.87. The lowest BCUT2D eigenvalue weighted by molar-refractivity contribution is 0.621. The summed E-state index contributed by atoms with van der Waals surface area (Å²) in [6, 6.07) is 13.0. The summed E-state index contributed by atoms with van der Waals surface area (Å²) in [5, 5.41) is 3.06. The van der Waals surface area contributed by atoms with E-state index in [4.69, 9.17) is 0 Å². The first-order valence-electron chi connectivity index (χ1n) is 5.55. The molecule has 1 nitrogen and oxygen atoms in total. The molecule has 0 unspecified atom stereocenters. The highest BCUT2D eigenvalue weighted by Crippen LogP contribution is 2.31. The van der Waals surface area contributed by atoms with E-state index in [-0.39, 0.29) is 5.82 Å². The molecular formula is C14H13BrFNS. The topological polar surface area (TPSA) is 12.0 Å². The van der Waals surface area contributed by atoms with Gasteiger partial charge in [-0.05, 0) is 55.1 Å². The lowest BCUT2D eigenvalue weighted by Crippen LogP contribution is -2.06. The van der Waals surface area contributed by atoms with Gasteiger partial charge < -0.3 is 5.32 Å². The van der Waals surface area contributed by atoms with Crippen LogP contribution in [0, 0.1) is 5.82 Å². The van der Waals surface area contributed by atoms with E-state index in [2.05, 4.69) is 21.2 Å². The molecule has 2 aromatic rings. The summed E-state index contributed by atoms with van der Waals surface area (Å²) in [7, 11) is 1.86. The molecule has 0 heterocycles. The van der Waals surface area contributed by atoms with Crippen LogP contribution in [-0.4, -0.2) is 7.05 Å². The van der Waals surface area contributed by atoms with Crippen LogP contribution >= 0.6 is 27.7 Å². The van der Waals surface area contributed by atoms with Gasteiger partial charge in [0.15, 0.2) is 0 Å². The Morgan fingerprint density at radius 2 is 1.89 bits per heavy atom. The average molecular weight is 326 g/mol. The highest BCUT2D eigenvalue weighted by Gasteiger charge is 2.05. The van der Waals surface area contributed by atoms with Crippen molar-refractivity contribution in [3.8, 4) is 0 Å². The van der Waals surface area contributed by atoms with Crippen LogP contribution in [0.15, 0.2) is 56.7 Å². The van der Waals surface area contributed by atoms with Crippen molar-refractivity contribution >= 4 is 27.7 Å². The van der Waals surface area contributed by atoms with Crippen molar-refractivity contribution in [3.05, 3.63) is 58.3 Å². The number of hydrogen-bond acceptors (Lipinski definition) is 2. The molecule has 0 aliphatic rings. The van der Waals surface area contributed by atoms with E-state index < -0.39 is 0 Å². The Kier molecular flexibility index (Phi) is 4.80. The van der Waals surface area contributed by atoms with Crippen LogP contribution < -0.4 is 5.32 Å². The summed E-state index contributed by atoms with van der Waals surface area (Å²) in [4.78, 5) is 2.22. The third kappa shape index (κ3) is 3.57. The van der Waals surface area contributed by atoms with Crippen molar-refractivity contribution in [2.75, 3.05) is 7.05 Å². The van der Waals surface area contributed by atoms with E-state index in [0.717, 1.165) is 19.8 Å². The summed E-state index contributed by atoms with van der Waals surface area (Å²) < 4.78 is 14.3. The molecule has 2 aromatic carbocycles. The Bertz CT molecular complexity index is 528. The molecule has 2 rings (SSSR count). The zero-order valence-electron chi connectivity index (χ0n) is 9.91. The van der Waals surface area contributed by atoms with Crippen LogP contribution in [0.2, 0.25) is 0 Å². The van der Waals surface area contributed by atoms with Crippen LogP contribution in [0.25, 0.3) is 0 Å². The summed E-state index contributed by atoms with van der Waals surface area (Å²) in [5.74, 6) is -0.194. The molecule has 0 atom stereocenters. The van der Waals surface area contributed by atoms with Gasteiger partial charge in [0, 0.05) is 20.8 Å². The fourth-order valence-corrected chi connectivity index (χ4v) is 2.79. The molecule has 0 fully saturated rings. The maximum Gasteiger partial charge on any atom is 0.123 e. The first-order chi connectivity index (χ1) is 8.69. The van der Waals surface area contributed by atoms with Gasteiger partial charge in [-0.3, -0.25) is 0 Å². The smallest absolute Gasteiger partial charge is 0.123 e. The van der Waals surface area contributed by atoms with E-state index >= 15 is 0 Å². The predicted octanol–water partition coefficient (Wildman–Crippen LogP) is 4.46. The van der Waals surface area contributed by atoms with E-state index in [1.54, 1.807) is 17.8 Å². The minimum absolute atomic E-state index is 0.194. The third-order valence-electron chi connectivity index (χ3n) is 2.43. The molecule has 4 heteroatoms. The molecular weight excluding hydrogens is 313 g/mol. The van der Waals surface area contributed by atoms with Gasteiger partial charge in [0.05, 0.1) is 0 Å². The maximum absolute atomic E-state index is 13.2. The molecule has 0 amide bonds. The molecule has 0 spiro atoms. The number of rotatable bonds is 4. The van der Waals surface area contributed by atoms with Crippen LogP contribution in [0.1, 0.15) is 5.56 Å². The van der Waals surface area contributed by atoms with Gasteiger partial charge in [-0.2, -0.15) is 0 Å². The number of benzene rings is 2. The number of hydrogen-bond donors (Lipinski definition) is 1. The highest BCUT2D eigenvalue weighted by molar-refractivity contribution is 9.10. The SMILES string of the molecule is CNCc1cc(F)ccc1Sc1ccc(Br)cc1. The van der Waals surface area contributed by atoms with Gasteiger partial charge in [0.1, 0.15) is 5.82 Å². The van der Waals surface area contributed by atoms with Crippen molar-refractivity contribution in [2.24, 2.45) is 0 Å². The minimum Gasteiger partial charge on any atom is -0.316 e. The van der Waals surface area contributed by atoms with Crippen LogP contribution in [0.5, 0.6) is 0 Å². The van der Waals surface area contributed by atoms with E-state index in [9.17, 15) is 4.39 Å². The zero-order chi connectivity index (χ0) is 13.0. The average Bonchev–Trinajstić information content (AvgIpc) is 2.36. The van der Waals surface area contributed by atoms with Crippen molar-refractivity contribution in [1.82, 2.24) is 5.32 Å². The van der Waals surface area contributed by atoms with Crippen LogP contribution in [0.4, 0.5) is 4.39 Å². The Hall–Kier alpha value is -0.840. The summed E-state index contributed by atoms with van der Waals surface area (Å²) in [5.41, 5.74) is 0.977. The van der Waals surface area contributed by atoms with Crippen molar-refractivity contribution in [3.63, 3.8) is 0 Å². The first-order valence-corrected chi connectivity index (χ1v) is 7.16. The van der Waals surface area contributed by atoms with E-state index in [1.165, 1.54) is 6.07 Å². The van der Waals surface area contributed by atoms with E-state index in [0.29, 0.717) is 6.54 Å². The quantitative estimate of drug-likeness (QED) is 0.890. The maximum atomic E-state index is 13.2. The molecule has 0 bridgehead atoms. The van der Waals surface area contributed by atoms with Gasteiger partial charge in [-0.25, -0.2) is 4.39 Å². The molecule has 0 aromatic heterocycles. The fourth-order valence-electron chi connectivity index (χ4n) is 1.61. The molecule has 18 heavy (non-hydrogen) atoms. The van der Waals surface area contributed by atoms with Gasteiger partial charge in [-0.15, -0.1) is 0 Å². The molecule has 1 N–H and O–H groups in total. The van der Waals surface area contributed by atoms with Crippen molar-refractivity contribution < 1.29 is 4.39 Å². The second-order valence-electron chi connectivity index (χ2n) is 3.84. The molecule has 0 aliphatic heterocycles. The first kappa shape index (κ1) is 13.6. The van der Waals surface area contributed by atoms with E-state index in [1.807, 2.05) is 37.4 Å². The van der Waals surface area contributed by atoms with Crippen LogP contribution in [0.3, 0.4) is 0 Å². The normalized spacial score (nSPS) is 10.6. The number of nitrogens with one attached hydrogen (secondary N) is 1. The summed E-state index contributed by atoms with van der Waals surface area (Å²) in [6.07, 6.45) is 0. The number of halogens is 2.